The summed E-state index contributed by atoms with van der Waals surface area (Å²) >= 11 is 0. The van der Waals surface area contributed by atoms with Gasteiger partial charge in [0.25, 0.3) is 0 Å². The third-order valence-corrected chi connectivity index (χ3v) is 3.67. The lowest BCUT2D eigenvalue weighted by Crippen LogP contribution is -2.41. The Morgan fingerprint density at radius 2 is 2.00 bits per heavy atom. The smallest absolute Gasteiger partial charge is 0.191 e. The molecule has 0 aromatic heterocycles. The first-order chi connectivity index (χ1) is 10.2. The summed E-state index contributed by atoms with van der Waals surface area (Å²) in [6.07, 6.45) is 1.16. The average Bonchev–Trinajstić information content (AvgIpc) is 2.47. The number of aliphatic imine (C=N–C) groups is 1. The summed E-state index contributed by atoms with van der Waals surface area (Å²) in [5.41, 5.74) is 2.98. The van der Waals surface area contributed by atoms with Crippen molar-refractivity contribution in [3.8, 4) is 0 Å². The van der Waals surface area contributed by atoms with Crippen LogP contribution in [0.25, 0.3) is 0 Å². The molecule has 0 atom stereocenters. The van der Waals surface area contributed by atoms with Crippen LogP contribution in [0.3, 0.4) is 0 Å². The van der Waals surface area contributed by atoms with Crippen LogP contribution in [-0.2, 0) is 13.0 Å². The summed E-state index contributed by atoms with van der Waals surface area (Å²) in [4.78, 5) is 7.15. The van der Waals surface area contributed by atoms with Crippen molar-refractivity contribution in [1.82, 2.24) is 15.5 Å². The molecule has 1 aliphatic heterocycles. The molecule has 5 heteroatoms. The van der Waals surface area contributed by atoms with Crippen molar-refractivity contribution in [3.05, 3.63) is 35.4 Å². The van der Waals surface area contributed by atoms with Gasteiger partial charge in [-0.3, -0.25) is 9.89 Å². The standard InChI is InChI=1S/C17H28N4.HI/c1-4-18-17(20-14(2)3)19-10-12-21-11-9-15-7-5-6-8-16(15)13-21;/h5-8,14H,4,9-13H2,1-3H3,(H2,18,19,20);1H. The van der Waals surface area contributed by atoms with Crippen molar-refractivity contribution in [2.24, 2.45) is 4.99 Å². The minimum atomic E-state index is 0. The number of hydrogen-bond acceptors (Lipinski definition) is 2. The van der Waals surface area contributed by atoms with Crippen LogP contribution in [0.1, 0.15) is 31.9 Å². The molecule has 0 amide bonds. The number of nitrogens with zero attached hydrogens (tertiary/aromatic N) is 2. The zero-order valence-corrected chi connectivity index (χ0v) is 16.3. The molecule has 1 aromatic rings. The highest BCUT2D eigenvalue weighted by Crippen LogP contribution is 2.17. The van der Waals surface area contributed by atoms with Crippen LogP contribution in [0.2, 0.25) is 0 Å². The summed E-state index contributed by atoms with van der Waals surface area (Å²) in [6, 6.07) is 9.18. The molecule has 1 aromatic carbocycles. The van der Waals surface area contributed by atoms with Crippen LogP contribution in [0.5, 0.6) is 0 Å². The summed E-state index contributed by atoms with van der Waals surface area (Å²) in [6.45, 7) is 11.3. The predicted molar refractivity (Wildman–Crippen MR) is 105 cm³/mol. The summed E-state index contributed by atoms with van der Waals surface area (Å²) in [5, 5.41) is 6.64. The van der Waals surface area contributed by atoms with Crippen LogP contribution in [-0.4, -0.2) is 43.1 Å². The highest BCUT2D eigenvalue weighted by Gasteiger charge is 2.14. The molecule has 4 nitrogen and oxygen atoms in total. The topological polar surface area (TPSA) is 39.7 Å². The first-order valence-corrected chi connectivity index (χ1v) is 8.03. The first-order valence-electron chi connectivity index (χ1n) is 8.03. The number of guanidine groups is 1. The van der Waals surface area contributed by atoms with E-state index < -0.39 is 0 Å². The van der Waals surface area contributed by atoms with Gasteiger partial charge in [-0.2, -0.15) is 0 Å². The molecule has 0 unspecified atom stereocenters. The lowest BCUT2D eigenvalue weighted by atomic mass is 10.0. The second kappa shape index (κ2) is 10.0. The van der Waals surface area contributed by atoms with E-state index in [1.165, 1.54) is 11.1 Å². The summed E-state index contributed by atoms with van der Waals surface area (Å²) in [7, 11) is 0. The molecule has 0 saturated heterocycles. The number of benzene rings is 1. The van der Waals surface area contributed by atoms with Gasteiger partial charge in [0.2, 0.25) is 0 Å². The van der Waals surface area contributed by atoms with Crippen LogP contribution in [0, 0.1) is 0 Å². The SMILES string of the molecule is CCNC(=NCCN1CCc2ccccc2C1)NC(C)C.I. The molecule has 0 aliphatic carbocycles. The van der Waals surface area contributed by atoms with E-state index in [2.05, 4.69) is 65.6 Å². The van der Waals surface area contributed by atoms with Gasteiger partial charge in [0, 0.05) is 32.2 Å². The fraction of sp³-hybridized carbons (Fsp3) is 0.588. The van der Waals surface area contributed by atoms with Gasteiger partial charge >= 0.3 is 0 Å². The largest absolute Gasteiger partial charge is 0.357 e. The van der Waals surface area contributed by atoms with E-state index in [4.69, 9.17) is 0 Å². The van der Waals surface area contributed by atoms with Crippen LogP contribution in [0.4, 0.5) is 0 Å². The van der Waals surface area contributed by atoms with Gasteiger partial charge in [0.05, 0.1) is 6.54 Å². The maximum Gasteiger partial charge on any atom is 0.191 e. The zero-order valence-electron chi connectivity index (χ0n) is 13.9. The van der Waals surface area contributed by atoms with Crippen molar-refractivity contribution in [2.45, 2.75) is 39.8 Å². The minimum Gasteiger partial charge on any atom is -0.357 e. The lowest BCUT2D eigenvalue weighted by Gasteiger charge is -2.28. The quantitative estimate of drug-likeness (QED) is 0.441. The second-order valence-electron chi connectivity index (χ2n) is 5.85. The highest BCUT2D eigenvalue weighted by molar-refractivity contribution is 14.0. The average molecular weight is 416 g/mol. The van der Waals surface area contributed by atoms with Crippen molar-refractivity contribution in [2.75, 3.05) is 26.2 Å². The molecule has 0 bridgehead atoms. The molecular weight excluding hydrogens is 387 g/mol. The summed E-state index contributed by atoms with van der Waals surface area (Å²) < 4.78 is 0. The van der Waals surface area contributed by atoms with Crippen LogP contribution < -0.4 is 10.6 Å². The number of halogens is 1. The predicted octanol–water partition coefficient (Wildman–Crippen LogP) is 2.63. The van der Waals surface area contributed by atoms with Crippen molar-refractivity contribution in [1.29, 1.82) is 0 Å². The van der Waals surface area contributed by atoms with Gasteiger partial charge in [-0.05, 0) is 38.3 Å². The third-order valence-electron chi connectivity index (χ3n) is 3.67. The Bertz CT molecular complexity index is 473. The maximum absolute atomic E-state index is 4.66. The van der Waals surface area contributed by atoms with Gasteiger partial charge in [0.1, 0.15) is 0 Å². The Morgan fingerprint density at radius 3 is 2.68 bits per heavy atom. The van der Waals surface area contributed by atoms with Crippen molar-refractivity contribution < 1.29 is 0 Å². The van der Waals surface area contributed by atoms with E-state index in [9.17, 15) is 0 Å². The third kappa shape index (κ3) is 6.12. The molecular formula is C17H29IN4. The molecule has 0 radical (unpaired) electrons. The number of fused-ring (bicyclic) bond motifs is 1. The maximum atomic E-state index is 4.66. The van der Waals surface area contributed by atoms with E-state index in [-0.39, 0.29) is 24.0 Å². The van der Waals surface area contributed by atoms with Gasteiger partial charge in [-0.15, -0.1) is 24.0 Å². The van der Waals surface area contributed by atoms with Crippen LogP contribution in [0.15, 0.2) is 29.3 Å². The molecule has 0 spiro atoms. The fourth-order valence-corrected chi connectivity index (χ4v) is 2.64. The molecule has 124 valence electrons. The zero-order chi connectivity index (χ0) is 15.1. The van der Waals surface area contributed by atoms with Crippen LogP contribution >= 0.6 is 24.0 Å². The van der Waals surface area contributed by atoms with Crippen molar-refractivity contribution in [3.63, 3.8) is 0 Å². The highest BCUT2D eigenvalue weighted by atomic mass is 127. The van der Waals surface area contributed by atoms with Gasteiger partial charge in [0.15, 0.2) is 5.96 Å². The molecule has 22 heavy (non-hydrogen) atoms. The Kier molecular flexibility index (Phi) is 8.78. The molecule has 0 fully saturated rings. The van der Waals surface area contributed by atoms with E-state index in [1.54, 1.807) is 0 Å². The van der Waals surface area contributed by atoms with Crippen molar-refractivity contribution >= 4 is 29.9 Å². The Morgan fingerprint density at radius 1 is 1.27 bits per heavy atom. The fourth-order valence-electron chi connectivity index (χ4n) is 2.64. The molecule has 1 aliphatic rings. The van der Waals surface area contributed by atoms with E-state index in [1.807, 2.05) is 0 Å². The first kappa shape index (κ1) is 19.2. The lowest BCUT2D eigenvalue weighted by molar-refractivity contribution is 0.261. The molecule has 2 N–H and O–H groups in total. The Hall–Kier alpha value is -0.820. The van der Waals surface area contributed by atoms with E-state index in [0.29, 0.717) is 6.04 Å². The monoisotopic (exact) mass is 416 g/mol. The van der Waals surface area contributed by atoms with Gasteiger partial charge < -0.3 is 10.6 Å². The number of nitrogens with one attached hydrogen (secondary N) is 2. The molecule has 0 saturated carbocycles. The Balaban J connectivity index is 0.00000242. The Labute approximate surface area is 151 Å². The molecule has 2 rings (SSSR count). The second-order valence-corrected chi connectivity index (χ2v) is 5.85. The minimum absolute atomic E-state index is 0. The van der Waals surface area contributed by atoms with Gasteiger partial charge in [-0.25, -0.2) is 0 Å². The van der Waals surface area contributed by atoms with Gasteiger partial charge in [-0.1, -0.05) is 24.3 Å². The normalized spacial score (nSPS) is 15.2. The number of hydrogen-bond donors (Lipinski definition) is 2. The summed E-state index contributed by atoms with van der Waals surface area (Å²) in [5.74, 6) is 0.921. The van der Waals surface area contributed by atoms with E-state index in [0.717, 1.165) is 45.1 Å². The van der Waals surface area contributed by atoms with E-state index >= 15 is 0 Å². The molecule has 1 heterocycles. The number of rotatable bonds is 5.